The molecule has 0 saturated heterocycles. The Balaban J connectivity index is 1.83. The third-order valence-electron chi connectivity index (χ3n) is 4.31. The fourth-order valence-electron chi connectivity index (χ4n) is 3.00. The van der Waals surface area contributed by atoms with Crippen LogP contribution >= 0.6 is 0 Å². The third kappa shape index (κ3) is 2.11. The van der Waals surface area contributed by atoms with Gasteiger partial charge in [-0.2, -0.15) is 0 Å². The molecule has 0 aliphatic carbocycles. The van der Waals surface area contributed by atoms with Crippen LogP contribution in [0.4, 0.5) is 0 Å². The summed E-state index contributed by atoms with van der Waals surface area (Å²) in [5.41, 5.74) is 4.22. The summed E-state index contributed by atoms with van der Waals surface area (Å²) >= 11 is 0. The fourth-order valence-corrected chi connectivity index (χ4v) is 3.00. The van der Waals surface area contributed by atoms with Crippen LogP contribution in [0.15, 0.2) is 48.7 Å². The molecular weight excluding hydrogens is 288 g/mol. The van der Waals surface area contributed by atoms with Gasteiger partial charge in [0.25, 0.3) is 0 Å². The molecule has 0 unspecified atom stereocenters. The summed E-state index contributed by atoms with van der Waals surface area (Å²) in [7, 11) is 1.64. The molecule has 0 bridgehead atoms. The molecule has 2 heterocycles. The zero-order valence-corrected chi connectivity index (χ0v) is 12.9. The van der Waals surface area contributed by atoms with Crippen LogP contribution in [0.1, 0.15) is 21.6 Å². The van der Waals surface area contributed by atoms with Crippen molar-refractivity contribution in [1.29, 1.82) is 0 Å². The summed E-state index contributed by atoms with van der Waals surface area (Å²) < 4.78 is 5.27. The molecule has 0 amide bonds. The minimum Gasteiger partial charge on any atom is -0.497 e. The van der Waals surface area contributed by atoms with Crippen molar-refractivity contribution in [3.8, 4) is 5.75 Å². The highest BCUT2D eigenvalue weighted by molar-refractivity contribution is 6.13. The number of hydrogen-bond acceptors (Lipinski definition) is 2. The van der Waals surface area contributed by atoms with E-state index in [1.165, 1.54) is 0 Å². The van der Waals surface area contributed by atoms with Gasteiger partial charge in [-0.05, 0) is 55.0 Å². The van der Waals surface area contributed by atoms with E-state index in [4.69, 9.17) is 4.74 Å². The molecular formula is C19H16N2O2. The molecule has 2 aromatic carbocycles. The lowest BCUT2D eigenvalue weighted by molar-refractivity contribution is 0.103. The molecule has 2 aromatic heterocycles. The Kier molecular flexibility index (Phi) is 2.98. The average Bonchev–Trinajstić information content (AvgIpc) is 3.18. The van der Waals surface area contributed by atoms with E-state index in [1.54, 1.807) is 7.11 Å². The predicted molar refractivity (Wildman–Crippen MR) is 91.3 cm³/mol. The molecule has 0 aliphatic heterocycles. The number of benzene rings is 2. The van der Waals surface area contributed by atoms with Crippen LogP contribution in [0, 0.1) is 6.92 Å². The van der Waals surface area contributed by atoms with Crippen LogP contribution in [0.3, 0.4) is 0 Å². The minimum absolute atomic E-state index is 0.000710. The molecule has 0 radical (unpaired) electrons. The zero-order valence-electron chi connectivity index (χ0n) is 12.9. The number of nitrogens with one attached hydrogen (secondary N) is 2. The Morgan fingerprint density at radius 2 is 1.87 bits per heavy atom. The monoisotopic (exact) mass is 304 g/mol. The maximum atomic E-state index is 12.9. The number of H-pyrrole nitrogens is 2. The molecule has 4 heteroatoms. The van der Waals surface area contributed by atoms with E-state index in [9.17, 15) is 4.79 Å². The van der Waals surface area contributed by atoms with Gasteiger partial charge in [-0.3, -0.25) is 4.79 Å². The van der Waals surface area contributed by atoms with Gasteiger partial charge in [0.2, 0.25) is 5.78 Å². The van der Waals surface area contributed by atoms with Crippen molar-refractivity contribution in [3.05, 3.63) is 65.5 Å². The summed E-state index contributed by atoms with van der Waals surface area (Å²) in [4.78, 5) is 19.3. The first-order valence-corrected chi connectivity index (χ1v) is 7.45. The van der Waals surface area contributed by atoms with Gasteiger partial charge < -0.3 is 14.7 Å². The molecule has 4 rings (SSSR count). The minimum atomic E-state index is 0.000710. The first kappa shape index (κ1) is 13.6. The standard InChI is InChI=1S/C19H16N2O2/c1-11-15-10-14(23-2)4-6-17(15)21-18(11)19(22)13-3-5-16-12(9-13)7-8-20-16/h3-10,20-21H,1-2H3. The van der Waals surface area contributed by atoms with E-state index < -0.39 is 0 Å². The summed E-state index contributed by atoms with van der Waals surface area (Å²) in [5.74, 6) is 0.785. The van der Waals surface area contributed by atoms with Crippen molar-refractivity contribution in [1.82, 2.24) is 9.97 Å². The SMILES string of the molecule is COc1ccc2[nH]c(C(=O)c3ccc4[nH]ccc4c3)c(C)c2c1. The number of ether oxygens (including phenoxy) is 1. The molecule has 0 saturated carbocycles. The number of hydrogen-bond donors (Lipinski definition) is 2. The highest BCUT2D eigenvalue weighted by Crippen LogP contribution is 2.27. The van der Waals surface area contributed by atoms with Crippen molar-refractivity contribution in [2.45, 2.75) is 6.92 Å². The van der Waals surface area contributed by atoms with Gasteiger partial charge in [0, 0.05) is 33.6 Å². The highest BCUT2D eigenvalue weighted by Gasteiger charge is 2.17. The third-order valence-corrected chi connectivity index (χ3v) is 4.31. The normalized spacial score (nSPS) is 11.2. The Labute approximate surface area is 133 Å². The van der Waals surface area contributed by atoms with Crippen LogP contribution < -0.4 is 4.74 Å². The van der Waals surface area contributed by atoms with Gasteiger partial charge in [0.05, 0.1) is 12.8 Å². The van der Waals surface area contributed by atoms with Crippen LogP contribution in [0.2, 0.25) is 0 Å². The van der Waals surface area contributed by atoms with E-state index in [0.29, 0.717) is 11.3 Å². The topological polar surface area (TPSA) is 57.9 Å². The maximum Gasteiger partial charge on any atom is 0.209 e. The smallest absolute Gasteiger partial charge is 0.209 e. The largest absolute Gasteiger partial charge is 0.497 e. The average molecular weight is 304 g/mol. The number of ketones is 1. The van der Waals surface area contributed by atoms with Crippen LogP contribution in [0.25, 0.3) is 21.8 Å². The molecule has 0 spiro atoms. The summed E-state index contributed by atoms with van der Waals surface area (Å²) in [5, 5.41) is 2.04. The summed E-state index contributed by atoms with van der Waals surface area (Å²) in [6, 6.07) is 13.4. The summed E-state index contributed by atoms with van der Waals surface area (Å²) in [6.07, 6.45) is 1.87. The Morgan fingerprint density at radius 1 is 1.04 bits per heavy atom. The molecule has 23 heavy (non-hydrogen) atoms. The number of fused-ring (bicyclic) bond motifs is 2. The second kappa shape index (κ2) is 5.02. The second-order valence-electron chi connectivity index (χ2n) is 5.65. The lowest BCUT2D eigenvalue weighted by Crippen LogP contribution is -2.03. The van der Waals surface area contributed by atoms with Gasteiger partial charge in [-0.1, -0.05) is 0 Å². The van der Waals surface area contributed by atoms with Gasteiger partial charge in [0.1, 0.15) is 5.75 Å². The Bertz CT molecular complexity index is 1040. The van der Waals surface area contributed by atoms with E-state index in [1.807, 2.05) is 55.6 Å². The van der Waals surface area contributed by atoms with Gasteiger partial charge in [0.15, 0.2) is 0 Å². The maximum absolute atomic E-state index is 12.9. The number of aromatic amines is 2. The van der Waals surface area contributed by atoms with E-state index in [2.05, 4.69) is 9.97 Å². The van der Waals surface area contributed by atoms with E-state index >= 15 is 0 Å². The predicted octanol–water partition coefficient (Wildman–Crippen LogP) is 4.20. The quantitative estimate of drug-likeness (QED) is 0.557. The molecule has 4 aromatic rings. The van der Waals surface area contributed by atoms with Crippen molar-refractivity contribution >= 4 is 27.6 Å². The lowest BCUT2D eigenvalue weighted by Gasteiger charge is -2.01. The molecule has 0 fully saturated rings. The number of carbonyl (C=O) groups is 1. The van der Waals surface area contributed by atoms with Crippen molar-refractivity contribution in [2.75, 3.05) is 7.11 Å². The van der Waals surface area contributed by atoms with Crippen LogP contribution in [-0.2, 0) is 0 Å². The van der Waals surface area contributed by atoms with E-state index in [-0.39, 0.29) is 5.78 Å². The number of aryl methyl sites for hydroxylation is 1. The molecule has 114 valence electrons. The van der Waals surface area contributed by atoms with Crippen molar-refractivity contribution < 1.29 is 9.53 Å². The lowest BCUT2D eigenvalue weighted by atomic mass is 10.0. The fraction of sp³-hybridized carbons (Fsp3) is 0.105. The number of methoxy groups -OCH3 is 1. The summed E-state index contributed by atoms with van der Waals surface area (Å²) in [6.45, 7) is 1.96. The van der Waals surface area contributed by atoms with Crippen molar-refractivity contribution in [3.63, 3.8) is 0 Å². The Hall–Kier alpha value is -3.01. The van der Waals surface area contributed by atoms with Crippen LogP contribution in [-0.4, -0.2) is 22.9 Å². The van der Waals surface area contributed by atoms with Gasteiger partial charge >= 0.3 is 0 Å². The number of carbonyl (C=O) groups excluding carboxylic acids is 1. The number of aromatic nitrogens is 2. The van der Waals surface area contributed by atoms with Crippen LogP contribution in [0.5, 0.6) is 5.75 Å². The zero-order chi connectivity index (χ0) is 16.0. The molecule has 0 atom stereocenters. The molecule has 2 N–H and O–H groups in total. The van der Waals surface area contributed by atoms with Gasteiger partial charge in [-0.15, -0.1) is 0 Å². The first-order valence-electron chi connectivity index (χ1n) is 7.45. The molecule has 4 nitrogen and oxygen atoms in total. The molecule has 0 aliphatic rings. The first-order chi connectivity index (χ1) is 11.2. The highest BCUT2D eigenvalue weighted by atomic mass is 16.5. The Morgan fingerprint density at radius 3 is 2.70 bits per heavy atom. The van der Waals surface area contributed by atoms with Gasteiger partial charge in [-0.25, -0.2) is 0 Å². The number of rotatable bonds is 3. The second-order valence-corrected chi connectivity index (χ2v) is 5.65. The van der Waals surface area contributed by atoms with E-state index in [0.717, 1.165) is 33.1 Å². The van der Waals surface area contributed by atoms with Crippen molar-refractivity contribution in [2.24, 2.45) is 0 Å².